The van der Waals surface area contributed by atoms with Crippen LogP contribution in [0.4, 0.5) is 4.79 Å². The molecule has 0 spiro atoms. The number of ether oxygens (including phenoxy) is 1. The second-order valence-electron chi connectivity index (χ2n) is 11.2. The first-order chi connectivity index (χ1) is 14.6. The molecule has 3 fully saturated rings. The van der Waals surface area contributed by atoms with Gasteiger partial charge in [-0.15, -0.1) is 0 Å². The van der Waals surface area contributed by atoms with Gasteiger partial charge in [0.15, 0.2) is 0 Å². The fourth-order valence-electron chi connectivity index (χ4n) is 6.37. The molecule has 1 amide bonds. The molecule has 0 radical (unpaired) electrons. The van der Waals surface area contributed by atoms with Gasteiger partial charge in [-0.1, -0.05) is 6.07 Å². The van der Waals surface area contributed by atoms with Crippen LogP contribution >= 0.6 is 0 Å². The molecular formula is C25H36N2O4. The molecule has 6 nitrogen and oxygen atoms in total. The maximum absolute atomic E-state index is 12.9. The number of aromatic hydroxyl groups is 1. The minimum Gasteiger partial charge on any atom is -0.508 e. The first-order valence-electron chi connectivity index (χ1n) is 11.9. The van der Waals surface area contributed by atoms with E-state index in [-0.39, 0.29) is 17.9 Å². The lowest BCUT2D eigenvalue weighted by molar-refractivity contribution is -0.149. The molecule has 5 rings (SSSR count). The van der Waals surface area contributed by atoms with Gasteiger partial charge in [0.05, 0.1) is 5.60 Å². The van der Waals surface area contributed by atoms with E-state index < -0.39 is 16.6 Å². The molecule has 31 heavy (non-hydrogen) atoms. The topological polar surface area (TPSA) is 73.2 Å². The smallest absolute Gasteiger partial charge is 0.410 e. The van der Waals surface area contributed by atoms with Crippen LogP contribution < -0.4 is 0 Å². The fraction of sp³-hybridized carbons (Fsp3) is 0.720. The molecule has 170 valence electrons. The number of hydrogen-bond acceptors (Lipinski definition) is 5. The van der Waals surface area contributed by atoms with E-state index in [1.54, 1.807) is 11.0 Å². The van der Waals surface area contributed by atoms with Gasteiger partial charge in [-0.25, -0.2) is 4.79 Å². The monoisotopic (exact) mass is 428 g/mol. The maximum Gasteiger partial charge on any atom is 0.410 e. The van der Waals surface area contributed by atoms with Crippen LogP contribution in [0.1, 0.15) is 64.0 Å². The van der Waals surface area contributed by atoms with Crippen LogP contribution in [0.25, 0.3) is 0 Å². The number of hydrogen-bond donors (Lipinski definition) is 2. The van der Waals surface area contributed by atoms with E-state index in [0.717, 1.165) is 37.4 Å². The molecule has 2 heterocycles. The third-order valence-electron chi connectivity index (χ3n) is 8.08. The number of aliphatic hydroxyl groups is 1. The Bertz CT molecular complexity index is 877. The Hall–Kier alpha value is -1.79. The van der Waals surface area contributed by atoms with Gasteiger partial charge in [0.2, 0.25) is 0 Å². The summed E-state index contributed by atoms with van der Waals surface area (Å²) in [5.41, 5.74) is 0.418. The Kier molecular flexibility index (Phi) is 4.83. The average Bonchev–Trinajstić information content (AvgIpc) is 3.50. The molecule has 2 N–H and O–H groups in total. The molecule has 2 saturated heterocycles. The molecule has 1 aromatic rings. The first kappa shape index (κ1) is 21.1. The summed E-state index contributed by atoms with van der Waals surface area (Å²) in [5.74, 6) is 1.02. The molecule has 2 aliphatic carbocycles. The van der Waals surface area contributed by atoms with Crippen molar-refractivity contribution in [3.8, 4) is 5.75 Å². The Labute approximate surface area is 185 Å². The quantitative estimate of drug-likeness (QED) is 0.755. The molecule has 1 aromatic carbocycles. The minimum absolute atomic E-state index is 0.0532. The highest BCUT2D eigenvalue weighted by Gasteiger charge is 2.63. The van der Waals surface area contributed by atoms with Crippen molar-refractivity contribution in [1.29, 1.82) is 0 Å². The van der Waals surface area contributed by atoms with E-state index in [0.29, 0.717) is 25.9 Å². The van der Waals surface area contributed by atoms with Crippen molar-refractivity contribution in [2.75, 3.05) is 26.2 Å². The average molecular weight is 429 g/mol. The second kappa shape index (κ2) is 7.11. The van der Waals surface area contributed by atoms with Crippen molar-refractivity contribution in [3.63, 3.8) is 0 Å². The zero-order valence-electron chi connectivity index (χ0n) is 19.1. The van der Waals surface area contributed by atoms with Gasteiger partial charge in [-0.2, -0.15) is 0 Å². The summed E-state index contributed by atoms with van der Waals surface area (Å²) in [5, 5.41) is 22.7. The summed E-state index contributed by atoms with van der Waals surface area (Å²) in [6.45, 7) is 8.73. The van der Waals surface area contributed by atoms with Crippen molar-refractivity contribution in [2.45, 2.75) is 82.0 Å². The van der Waals surface area contributed by atoms with E-state index >= 15 is 0 Å². The van der Waals surface area contributed by atoms with Gasteiger partial charge in [-0.05, 0) is 95.0 Å². The third kappa shape index (κ3) is 3.52. The molecule has 1 saturated carbocycles. The van der Waals surface area contributed by atoms with Crippen molar-refractivity contribution in [1.82, 2.24) is 9.80 Å². The molecular weight excluding hydrogens is 392 g/mol. The predicted molar refractivity (Wildman–Crippen MR) is 118 cm³/mol. The Balaban J connectivity index is 1.52. The van der Waals surface area contributed by atoms with Crippen LogP contribution in [0.2, 0.25) is 0 Å². The predicted octanol–water partition coefficient (Wildman–Crippen LogP) is 3.43. The molecule has 3 atom stereocenters. The molecule has 2 bridgehead atoms. The van der Waals surface area contributed by atoms with E-state index in [4.69, 9.17) is 4.74 Å². The van der Waals surface area contributed by atoms with Gasteiger partial charge < -0.3 is 19.8 Å². The fourth-order valence-corrected chi connectivity index (χ4v) is 6.37. The largest absolute Gasteiger partial charge is 0.508 e. The summed E-state index contributed by atoms with van der Waals surface area (Å²) in [6, 6.07) is 5.73. The lowest BCUT2D eigenvalue weighted by Gasteiger charge is -2.61. The van der Waals surface area contributed by atoms with Gasteiger partial charge in [0.1, 0.15) is 11.4 Å². The van der Waals surface area contributed by atoms with Crippen molar-refractivity contribution >= 4 is 6.09 Å². The van der Waals surface area contributed by atoms with Crippen LogP contribution in [0, 0.1) is 5.92 Å². The number of phenolic OH excluding ortho intramolecular Hbond substituents is 1. The number of rotatable bonds is 2. The van der Waals surface area contributed by atoms with E-state index in [1.807, 2.05) is 32.9 Å². The number of likely N-dealkylation sites (tertiary alicyclic amines) is 2. The Morgan fingerprint density at radius 3 is 2.58 bits per heavy atom. The van der Waals surface area contributed by atoms with E-state index in [9.17, 15) is 15.0 Å². The first-order valence-corrected chi connectivity index (χ1v) is 11.9. The van der Waals surface area contributed by atoms with E-state index in [2.05, 4.69) is 4.90 Å². The summed E-state index contributed by atoms with van der Waals surface area (Å²) in [7, 11) is 0. The highest BCUT2D eigenvalue weighted by molar-refractivity contribution is 5.68. The van der Waals surface area contributed by atoms with E-state index in [1.165, 1.54) is 18.4 Å². The molecule has 3 unspecified atom stereocenters. The number of benzene rings is 1. The lowest BCUT2D eigenvalue weighted by atomic mass is 9.52. The summed E-state index contributed by atoms with van der Waals surface area (Å²) < 4.78 is 5.65. The van der Waals surface area contributed by atoms with Crippen LogP contribution in [-0.2, 0) is 16.6 Å². The normalized spacial score (nSPS) is 33.3. The number of carbonyl (C=O) groups is 1. The second-order valence-corrected chi connectivity index (χ2v) is 11.2. The zero-order valence-corrected chi connectivity index (χ0v) is 19.1. The number of amides is 1. The Morgan fingerprint density at radius 1 is 1.16 bits per heavy atom. The van der Waals surface area contributed by atoms with Crippen molar-refractivity contribution < 1.29 is 19.7 Å². The molecule has 4 aliphatic rings. The molecule has 2 aliphatic heterocycles. The standard InChI is InChI=1S/C25H36N2O4/c1-23(2,3)31-22(29)26-11-8-24-9-12-27(16-17-4-5-17)21(25(24,30)10-13-26)14-18-6-7-19(28)15-20(18)24/h6-7,15,17,21,28,30H,4-5,8-14,16H2,1-3H3. The maximum atomic E-state index is 12.9. The number of nitrogens with zero attached hydrogens (tertiary/aromatic N) is 2. The lowest BCUT2D eigenvalue weighted by Crippen LogP contribution is -2.71. The Morgan fingerprint density at radius 2 is 1.87 bits per heavy atom. The number of piperidine rings is 1. The minimum atomic E-state index is -0.919. The van der Waals surface area contributed by atoms with Crippen molar-refractivity contribution in [3.05, 3.63) is 29.3 Å². The number of carbonyl (C=O) groups excluding carboxylic acids is 1. The highest BCUT2D eigenvalue weighted by atomic mass is 16.6. The van der Waals surface area contributed by atoms with Gasteiger partial charge >= 0.3 is 6.09 Å². The molecule has 6 heteroatoms. The van der Waals surface area contributed by atoms with Crippen molar-refractivity contribution in [2.24, 2.45) is 5.92 Å². The summed E-state index contributed by atoms with van der Waals surface area (Å²) in [4.78, 5) is 17.2. The molecule has 0 aromatic heterocycles. The van der Waals surface area contributed by atoms with Gasteiger partial charge in [0, 0.05) is 31.1 Å². The highest BCUT2D eigenvalue weighted by Crippen LogP contribution is 2.56. The zero-order chi connectivity index (χ0) is 22.0. The SMILES string of the molecule is CC(C)(C)OC(=O)N1CCC23CCN(CC4CC4)C(Cc4ccc(O)cc42)C3(O)CC1. The summed E-state index contributed by atoms with van der Waals surface area (Å²) >= 11 is 0. The van der Waals surface area contributed by atoms with Crippen LogP contribution in [0.15, 0.2) is 18.2 Å². The number of phenols is 1. The summed E-state index contributed by atoms with van der Waals surface area (Å²) in [6.07, 6.45) is 5.16. The van der Waals surface area contributed by atoms with Gasteiger partial charge in [0.25, 0.3) is 0 Å². The number of fused-ring (bicyclic) bond motifs is 1. The van der Waals surface area contributed by atoms with Crippen LogP contribution in [0.5, 0.6) is 5.75 Å². The third-order valence-corrected chi connectivity index (χ3v) is 8.08. The van der Waals surface area contributed by atoms with Gasteiger partial charge in [-0.3, -0.25) is 4.90 Å². The van der Waals surface area contributed by atoms with Crippen LogP contribution in [0.3, 0.4) is 0 Å². The van der Waals surface area contributed by atoms with Crippen LogP contribution in [-0.4, -0.2) is 69.5 Å².